The fraction of sp³-hybridized carbons (Fsp3) is 0.222. The first-order valence-corrected chi connectivity index (χ1v) is 7.27. The summed E-state index contributed by atoms with van der Waals surface area (Å²) in [5.41, 5.74) is 3.46. The normalized spacial score (nSPS) is 10.4. The van der Waals surface area contributed by atoms with Gasteiger partial charge in [-0.05, 0) is 35.4 Å². The Labute approximate surface area is 135 Å². The van der Waals surface area contributed by atoms with Gasteiger partial charge in [-0.3, -0.25) is 9.59 Å². The van der Waals surface area contributed by atoms with Gasteiger partial charge >= 0.3 is 0 Å². The summed E-state index contributed by atoms with van der Waals surface area (Å²) in [4.78, 5) is 22.1. The molecule has 2 aromatic rings. The molecule has 2 rings (SSSR count). The highest BCUT2D eigenvalue weighted by Gasteiger charge is 2.13. The molecule has 5 heteroatoms. The standard InChI is InChI=1S/C18H20N2O3/c1-12(21)19-16-8-4-14(5-9-16)18(23-3)15-6-10-17(11-7-15)20-13(2)22/h4-11,18H,1-3H3,(H,19,21)(H,20,22). The van der Waals surface area contributed by atoms with Crippen molar-refractivity contribution in [3.63, 3.8) is 0 Å². The van der Waals surface area contributed by atoms with Crippen molar-refractivity contribution in [2.75, 3.05) is 17.7 Å². The average Bonchev–Trinajstić information content (AvgIpc) is 2.50. The SMILES string of the molecule is COC(c1ccc(NC(C)=O)cc1)c1ccc(NC(C)=O)cc1. The van der Waals surface area contributed by atoms with E-state index in [9.17, 15) is 9.59 Å². The Balaban J connectivity index is 2.18. The van der Waals surface area contributed by atoms with Gasteiger partial charge in [0, 0.05) is 32.3 Å². The van der Waals surface area contributed by atoms with Gasteiger partial charge in [0.2, 0.25) is 11.8 Å². The molecule has 0 aliphatic carbocycles. The number of hydrogen-bond donors (Lipinski definition) is 2. The number of hydrogen-bond acceptors (Lipinski definition) is 3. The number of rotatable bonds is 5. The summed E-state index contributed by atoms with van der Waals surface area (Å²) >= 11 is 0. The lowest BCUT2D eigenvalue weighted by Crippen LogP contribution is -2.08. The third-order valence-corrected chi connectivity index (χ3v) is 3.30. The third-order valence-electron chi connectivity index (χ3n) is 3.30. The van der Waals surface area contributed by atoms with Crippen LogP contribution in [-0.4, -0.2) is 18.9 Å². The van der Waals surface area contributed by atoms with Crippen molar-refractivity contribution in [1.29, 1.82) is 0 Å². The van der Waals surface area contributed by atoms with E-state index in [4.69, 9.17) is 4.74 Å². The number of amides is 2. The van der Waals surface area contributed by atoms with Gasteiger partial charge in [-0.1, -0.05) is 24.3 Å². The minimum atomic E-state index is -0.215. The Morgan fingerprint density at radius 3 is 1.39 bits per heavy atom. The van der Waals surface area contributed by atoms with E-state index < -0.39 is 0 Å². The Bertz CT molecular complexity index is 619. The lowest BCUT2D eigenvalue weighted by atomic mass is 10.0. The molecule has 2 N–H and O–H groups in total. The maximum atomic E-state index is 11.1. The highest BCUT2D eigenvalue weighted by Crippen LogP contribution is 2.27. The molecule has 0 aromatic heterocycles. The molecule has 0 spiro atoms. The number of anilines is 2. The zero-order valence-electron chi connectivity index (χ0n) is 13.4. The average molecular weight is 312 g/mol. The molecule has 0 unspecified atom stereocenters. The van der Waals surface area contributed by atoms with E-state index in [2.05, 4.69) is 10.6 Å². The van der Waals surface area contributed by atoms with Crippen molar-refractivity contribution in [3.05, 3.63) is 59.7 Å². The van der Waals surface area contributed by atoms with Gasteiger partial charge in [0.1, 0.15) is 6.10 Å². The highest BCUT2D eigenvalue weighted by atomic mass is 16.5. The second-order valence-corrected chi connectivity index (χ2v) is 5.22. The third kappa shape index (κ3) is 4.66. The molecular formula is C18H20N2O3. The molecule has 0 saturated heterocycles. The highest BCUT2D eigenvalue weighted by molar-refractivity contribution is 5.89. The van der Waals surface area contributed by atoms with E-state index in [1.165, 1.54) is 13.8 Å². The quantitative estimate of drug-likeness (QED) is 0.890. The molecule has 0 saturated carbocycles. The predicted octanol–water partition coefficient (Wildman–Crippen LogP) is 3.34. The summed E-state index contributed by atoms with van der Waals surface area (Å²) in [5.74, 6) is -0.204. The zero-order valence-corrected chi connectivity index (χ0v) is 13.4. The Morgan fingerprint density at radius 2 is 1.13 bits per heavy atom. The summed E-state index contributed by atoms with van der Waals surface area (Å²) in [6.45, 7) is 2.95. The monoisotopic (exact) mass is 312 g/mol. The molecule has 2 aromatic carbocycles. The van der Waals surface area contributed by atoms with Gasteiger partial charge in [-0.2, -0.15) is 0 Å². The van der Waals surface area contributed by atoms with Crippen molar-refractivity contribution < 1.29 is 14.3 Å². The molecule has 0 bridgehead atoms. The van der Waals surface area contributed by atoms with Crippen molar-refractivity contribution >= 4 is 23.2 Å². The number of carbonyl (C=O) groups excluding carboxylic acids is 2. The van der Waals surface area contributed by atoms with Crippen LogP contribution in [-0.2, 0) is 14.3 Å². The molecule has 0 heterocycles. The maximum Gasteiger partial charge on any atom is 0.221 e. The summed E-state index contributed by atoms with van der Waals surface area (Å²) in [7, 11) is 1.65. The first kappa shape index (κ1) is 16.7. The summed E-state index contributed by atoms with van der Waals surface area (Å²) in [6, 6.07) is 15.0. The molecule has 120 valence electrons. The van der Waals surface area contributed by atoms with E-state index in [1.54, 1.807) is 7.11 Å². The first-order valence-electron chi connectivity index (χ1n) is 7.27. The molecule has 0 radical (unpaired) electrons. The number of benzene rings is 2. The minimum absolute atomic E-state index is 0.102. The Morgan fingerprint density at radius 1 is 0.783 bits per heavy atom. The van der Waals surface area contributed by atoms with Crippen LogP contribution in [0, 0.1) is 0 Å². The predicted molar refractivity (Wildman–Crippen MR) is 90.3 cm³/mol. The summed E-state index contributed by atoms with van der Waals surface area (Å²) < 4.78 is 5.59. The fourth-order valence-corrected chi connectivity index (χ4v) is 2.35. The van der Waals surface area contributed by atoms with Gasteiger partial charge in [0.05, 0.1) is 0 Å². The number of ether oxygens (including phenoxy) is 1. The summed E-state index contributed by atoms with van der Waals surface area (Å²) in [5, 5.41) is 5.47. The molecule has 2 amide bonds. The van der Waals surface area contributed by atoms with E-state index in [1.807, 2.05) is 48.5 Å². The zero-order chi connectivity index (χ0) is 16.8. The molecule has 5 nitrogen and oxygen atoms in total. The van der Waals surface area contributed by atoms with Crippen LogP contribution < -0.4 is 10.6 Å². The lowest BCUT2D eigenvalue weighted by Gasteiger charge is -2.17. The second-order valence-electron chi connectivity index (χ2n) is 5.22. The van der Waals surface area contributed by atoms with Crippen LogP contribution in [0.3, 0.4) is 0 Å². The fourth-order valence-electron chi connectivity index (χ4n) is 2.35. The number of methoxy groups -OCH3 is 1. The molecular weight excluding hydrogens is 292 g/mol. The molecule has 0 atom stereocenters. The van der Waals surface area contributed by atoms with Crippen LogP contribution in [0.2, 0.25) is 0 Å². The van der Waals surface area contributed by atoms with E-state index in [-0.39, 0.29) is 17.9 Å². The number of carbonyl (C=O) groups is 2. The lowest BCUT2D eigenvalue weighted by molar-refractivity contribution is -0.115. The Kier molecular flexibility index (Phi) is 5.49. The van der Waals surface area contributed by atoms with Gasteiger partial charge in [-0.15, -0.1) is 0 Å². The molecule has 0 aliphatic rings. The summed E-state index contributed by atoms with van der Waals surface area (Å²) in [6.07, 6.45) is -0.215. The van der Waals surface area contributed by atoms with Crippen molar-refractivity contribution in [2.45, 2.75) is 20.0 Å². The first-order chi connectivity index (χ1) is 11.0. The second kappa shape index (κ2) is 7.56. The van der Waals surface area contributed by atoms with Gasteiger partial charge < -0.3 is 15.4 Å². The van der Waals surface area contributed by atoms with Crippen LogP contribution in [0.1, 0.15) is 31.1 Å². The van der Waals surface area contributed by atoms with Gasteiger partial charge in [0.25, 0.3) is 0 Å². The largest absolute Gasteiger partial charge is 0.372 e. The van der Waals surface area contributed by atoms with E-state index in [0.29, 0.717) is 0 Å². The van der Waals surface area contributed by atoms with Crippen molar-refractivity contribution in [2.24, 2.45) is 0 Å². The topological polar surface area (TPSA) is 67.4 Å². The van der Waals surface area contributed by atoms with Crippen LogP contribution in [0.4, 0.5) is 11.4 Å². The van der Waals surface area contributed by atoms with Crippen LogP contribution in [0.15, 0.2) is 48.5 Å². The molecule has 0 fully saturated rings. The van der Waals surface area contributed by atoms with Gasteiger partial charge in [0.15, 0.2) is 0 Å². The Hall–Kier alpha value is -2.66. The molecule has 23 heavy (non-hydrogen) atoms. The van der Waals surface area contributed by atoms with E-state index >= 15 is 0 Å². The van der Waals surface area contributed by atoms with Gasteiger partial charge in [-0.25, -0.2) is 0 Å². The van der Waals surface area contributed by atoms with Crippen LogP contribution >= 0.6 is 0 Å². The van der Waals surface area contributed by atoms with Crippen molar-refractivity contribution in [3.8, 4) is 0 Å². The van der Waals surface area contributed by atoms with E-state index in [0.717, 1.165) is 22.5 Å². The maximum absolute atomic E-state index is 11.1. The smallest absolute Gasteiger partial charge is 0.221 e. The number of nitrogens with one attached hydrogen (secondary N) is 2. The van der Waals surface area contributed by atoms with Crippen LogP contribution in [0.25, 0.3) is 0 Å². The van der Waals surface area contributed by atoms with Crippen LogP contribution in [0.5, 0.6) is 0 Å². The van der Waals surface area contributed by atoms with Crippen molar-refractivity contribution in [1.82, 2.24) is 0 Å². The molecule has 0 aliphatic heterocycles. The minimum Gasteiger partial charge on any atom is -0.372 e.